The monoisotopic (exact) mass is 380 g/mol. The Labute approximate surface area is 156 Å². The highest BCUT2D eigenvalue weighted by molar-refractivity contribution is 7.89. The van der Waals surface area contributed by atoms with E-state index in [1.54, 1.807) is 30.1 Å². The van der Waals surface area contributed by atoms with Gasteiger partial charge in [-0.25, -0.2) is 8.42 Å². The number of amides is 1. The highest BCUT2D eigenvalue weighted by atomic mass is 32.2. The van der Waals surface area contributed by atoms with Crippen LogP contribution in [0, 0.1) is 5.92 Å². The molecule has 6 nitrogen and oxygen atoms in total. The van der Waals surface area contributed by atoms with E-state index in [4.69, 9.17) is 4.74 Å². The minimum atomic E-state index is -3.63. The molecule has 0 bridgehead atoms. The van der Waals surface area contributed by atoms with E-state index >= 15 is 0 Å². The SMILES string of the molecule is CCc1ccc(C(=O)N(C)C(C)C2CC2)cc1S(=O)(=O)N1CCOCC1. The van der Waals surface area contributed by atoms with Crippen molar-refractivity contribution < 1.29 is 17.9 Å². The summed E-state index contributed by atoms with van der Waals surface area (Å²) in [6.07, 6.45) is 2.91. The van der Waals surface area contributed by atoms with Crippen LogP contribution in [-0.2, 0) is 21.2 Å². The predicted octanol–water partition coefficient (Wildman–Crippen LogP) is 2.14. The van der Waals surface area contributed by atoms with Gasteiger partial charge in [-0.3, -0.25) is 4.79 Å². The van der Waals surface area contributed by atoms with Crippen LogP contribution in [-0.4, -0.2) is 62.9 Å². The first-order chi connectivity index (χ1) is 12.4. The van der Waals surface area contributed by atoms with Gasteiger partial charge in [-0.1, -0.05) is 13.0 Å². The minimum absolute atomic E-state index is 0.120. The van der Waals surface area contributed by atoms with Crippen molar-refractivity contribution in [3.63, 3.8) is 0 Å². The third kappa shape index (κ3) is 3.80. The number of rotatable bonds is 6. The van der Waals surface area contributed by atoms with Gasteiger partial charge < -0.3 is 9.64 Å². The van der Waals surface area contributed by atoms with E-state index in [1.807, 2.05) is 6.92 Å². The Morgan fingerprint density at radius 2 is 1.96 bits per heavy atom. The maximum Gasteiger partial charge on any atom is 0.253 e. The van der Waals surface area contributed by atoms with Gasteiger partial charge in [0.25, 0.3) is 5.91 Å². The zero-order valence-electron chi connectivity index (χ0n) is 15.8. The Bertz CT molecular complexity index is 768. The minimum Gasteiger partial charge on any atom is -0.379 e. The van der Waals surface area contributed by atoms with Gasteiger partial charge in [0.2, 0.25) is 10.0 Å². The summed E-state index contributed by atoms with van der Waals surface area (Å²) in [7, 11) is -1.83. The maximum atomic E-state index is 13.1. The van der Waals surface area contributed by atoms with Crippen LogP contribution in [0.25, 0.3) is 0 Å². The van der Waals surface area contributed by atoms with Crippen LogP contribution in [0.2, 0.25) is 0 Å². The first-order valence-corrected chi connectivity index (χ1v) is 10.8. The number of benzene rings is 1. The molecule has 1 unspecified atom stereocenters. The highest BCUT2D eigenvalue weighted by Gasteiger charge is 2.34. The molecule has 1 aromatic carbocycles. The molecule has 1 heterocycles. The molecule has 0 N–H and O–H groups in total. The summed E-state index contributed by atoms with van der Waals surface area (Å²) in [6.45, 7) is 5.49. The summed E-state index contributed by atoms with van der Waals surface area (Å²) in [6, 6.07) is 5.25. The van der Waals surface area contributed by atoms with E-state index in [-0.39, 0.29) is 16.8 Å². The molecule has 1 amide bonds. The van der Waals surface area contributed by atoms with Gasteiger partial charge >= 0.3 is 0 Å². The van der Waals surface area contributed by atoms with E-state index in [0.717, 1.165) is 18.4 Å². The number of carbonyl (C=O) groups is 1. The molecule has 0 spiro atoms. The number of morpholine rings is 1. The van der Waals surface area contributed by atoms with E-state index in [9.17, 15) is 13.2 Å². The molecule has 26 heavy (non-hydrogen) atoms. The van der Waals surface area contributed by atoms with Crippen molar-refractivity contribution in [1.29, 1.82) is 0 Å². The second-order valence-electron chi connectivity index (χ2n) is 7.19. The maximum absolute atomic E-state index is 13.1. The lowest BCUT2D eigenvalue weighted by Crippen LogP contribution is -2.41. The Morgan fingerprint density at radius 3 is 2.54 bits per heavy atom. The van der Waals surface area contributed by atoms with Crippen molar-refractivity contribution >= 4 is 15.9 Å². The smallest absolute Gasteiger partial charge is 0.253 e. The first-order valence-electron chi connectivity index (χ1n) is 9.34. The fourth-order valence-electron chi connectivity index (χ4n) is 3.43. The normalized spacial score (nSPS) is 20.0. The summed E-state index contributed by atoms with van der Waals surface area (Å²) in [5.74, 6) is 0.445. The second kappa shape index (κ2) is 7.66. The molecule has 7 heteroatoms. The summed E-state index contributed by atoms with van der Waals surface area (Å²) in [5, 5.41) is 0. The lowest BCUT2D eigenvalue weighted by Gasteiger charge is -2.28. The van der Waals surface area contributed by atoms with Crippen LogP contribution in [0.5, 0.6) is 0 Å². The van der Waals surface area contributed by atoms with Gasteiger partial charge in [0, 0.05) is 31.7 Å². The summed E-state index contributed by atoms with van der Waals surface area (Å²) in [4.78, 5) is 14.9. The number of ether oxygens (including phenoxy) is 1. The van der Waals surface area contributed by atoms with Gasteiger partial charge in [-0.2, -0.15) is 4.31 Å². The average Bonchev–Trinajstić information content (AvgIpc) is 3.51. The molecule has 3 rings (SSSR count). The van der Waals surface area contributed by atoms with Crippen molar-refractivity contribution in [3.05, 3.63) is 29.3 Å². The van der Waals surface area contributed by atoms with Crippen LogP contribution in [0.1, 0.15) is 42.6 Å². The molecular weight excluding hydrogens is 352 g/mol. The highest BCUT2D eigenvalue weighted by Crippen LogP contribution is 2.35. The second-order valence-corrected chi connectivity index (χ2v) is 9.09. The molecule has 2 aliphatic rings. The molecule has 1 aromatic rings. The largest absolute Gasteiger partial charge is 0.379 e. The Morgan fingerprint density at radius 1 is 1.31 bits per heavy atom. The number of nitrogens with zero attached hydrogens (tertiary/aromatic N) is 2. The van der Waals surface area contributed by atoms with Crippen molar-refractivity contribution in [3.8, 4) is 0 Å². The fourth-order valence-corrected chi connectivity index (χ4v) is 5.16. The van der Waals surface area contributed by atoms with Crippen LogP contribution in [0.3, 0.4) is 0 Å². The Kier molecular flexibility index (Phi) is 5.69. The van der Waals surface area contributed by atoms with Crippen molar-refractivity contribution in [2.75, 3.05) is 33.4 Å². The number of aryl methyl sites for hydroxylation is 1. The van der Waals surface area contributed by atoms with Gasteiger partial charge in [-0.15, -0.1) is 0 Å². The quantitative estimate of drug-likeness (QED) is 0.758. The molecular formula is C19H28N2O4S. The zero-order chi connectivity index (χ0) is 18.9. The summed E-state index contributed by atoms with van der Waals surface area (Å²) < 4.78 is 32.9. The average molecular weight is 381 g/mol. The lowest BCUT2D eigenvalue weighted by atomic mass is 10.1. The Hall–Kier alpha value is -1.44. The van der Waals surface area contributed by atoms with E-state index in [1.165, 1.54) is 4.31 Å². The van der Waals surface area contributed by atoms with Crippen molar-refractivity contribution in [1.82, 2.24) is 9.21 Å². The molecule has 1 aliphatic carbocycles. The number of hydrogen-bond donors (Lipinski definition) is 0. The molecule has 1 aliphatic heterocycles. The molecule has 1 saturated carbocycles. The van der Waals surface area contributed by atoms with Gasteiger partial charge in [-0.05, 0) is 49.8 Å². The molecule has 0 aromatic heterocycles. The van der Waals surface area contributed by atoms with Crippen LogP contribution in [0.15, 0.2) is 23.1 Å². The van der Waals surface area contributed by atoms with E-state index in [0.29, 0.717) is 44.2 Å². The number of hydrogen-bond acceptors (Lipinski definition) is 4. The van der Waals surface area contributed by atoms with Gasteiger partial charge in [0.15, 0.2) is 0 Å². The third-order valence-corrected chi connectivity index (χ3v) is 7.50. The Balaban J connectivity index is 1.92. The van der Waals surface area contributed by atoms with Crippen LogP contribution < -0.4 is 0 Å². The first kappa shape index (κ1) is 19.3. The molecule has 2 fully saturated rings. The molecule has 0 radical (unpaired) electrons. The summed E-state index contributed by atoms with van der Waals surface area (Å²) >= 11 is 0. The lowest BCUT2D eigenvalue weighted by molar-refractivity contribution is 0.0723. The van der Waals surface area contributed by atoms with Crippen LogP contribution >= 0.6 is 0 Å². The molecule has 144 valence electrons. The van der Waals surface area contributed by atoms with Gasteiger partial charge in [0.05, 0.1) is 18.1 Å². The van der Waals surface area contributed by atoms with Crippen molar-refractivity contribution in [2.45, 2.75) is 44.0 Å². The fraction of sp³-hybridized carbons (Fsp3) is 0.632. The standard InChI is InChI=1S/C19H28N2O4S/c1-4-15-5-8-17(19(22)20(3)14(2)16-6-7-16)13-18(15)26(23,24)21-9-11-25-12-10-21/h5,8,13-14,16H,4,6-7,9-12H2,1-3H3. The predicted molar refractivity (Wildman–Crippen MR) is 99.7 cm³/mol. The zero-order valence-corrected chi connectivity index (χ0v) is 16.6. The number of sulfonamides is 1. The third-order valence-electron chi connectivity index (χ3n) is 5.52. The molecule has 1 atom stereocenters. The van der Waals surface area contributed by atoms with Crippen LogP contribution in [0.4, 0.5) is 0 Å². The topological polar surface area (TPSA) is 66.9 Å². The van der Waals surface area contributed by atoms with Crippen molar-refractivity contribution in [2.24, 2.45) is 5.92 Å². The van der Waals surface area contributed by atoms with E-state index in [2.05, 4.69) is 6.92 Å². The molecule has 1 saturated heterocycles. The van der Waals surface area contributed by atoms with Gasteiger partial charge in [0.1, 0.15) is 0 Å². The van der Waals surface area contributed by atoms with E-state index < -0.39 is 10.0 Å². The summed E-state index contributed by atoms with van der Waals surface area (Å²) in [5.41, 5.74) is 1.18. The number of carbonyl (C=O) groups excluding carboxylic acids is 1.